The fourth-order valence-electron chi connectivity index (χ4n) is 1.36. The fraction of sp³-hybridized carbons (Fsp3) is 0. The van der Waals surface area contributed by atoms with Crippen molar-refractivity contribution in [3.05, 3.63) is 41.4 Å². The number of fused-ring (bicyclic) bond motifs is 1. The molecule has 0 aromatic carbocycles. The smallest absolute Gasteiger partial charge is 0.433 e. The molecule has 0 saturated carbocycles. The highest BCUT2D eigenvalue weighted by Gasteiger charge is 2.20. The maximum atomic E-state index is 9.43. The van der Waals surface area contributed by atoms with Gasteiger partial charge in [-0.25, -0.2) is 0 Å². The van der Waals surface area contributed by atoms with Crippen LogP contribution in [0, 0.1) is 5.39 Å². The van der Waals surface area contributed by atoms with Gasteiger partial charge in [0.15, 0.2) is 4.98 Å². The van der Waals surface area contributed by atoms with E-state index in [-0.39, 0.29) is 11.4 Å². The van der Waals surface area contributed by atoms with Crippen LogP contribution < -0.4 is 0 Å². The minimum atomic E-state index is -0.0244. The van der Waals surface area contributed by atoms with Gasteiger partial charge in [-0.2, -0.15) is 0 Å². The van der Waals surface area contributed by atoms with E-state index >= 15 is 0 Å². The van der Waals surface area contributed by atoms with Crippen molar-refractivity contribution in [1.82, 2.24) is 0 Å². The van der Waals surface area contributed by atoms with E-state index < -0.39 is 0 Å². The van der Waals surface area contributed by atoms with Crippen LogP contribution in [0.15, 0.2) is 36.4 Å². The fourth-order valence-corrected chi connectivity index (χ4v) is 1.36. The molecule has 1 N–H and O–H groups in total. The lowest BCUT2D eigenvalue weighted by Crippen LogP contribution is -1.65. The van der Waals surface area contributed by atoms with E-state index in [4.69, 9.17) is 5.39 Å². The summed E-state index contributed by atoms with van der Waals surface area (Å²) in [6.45, 7) is 0. The first-order valence-corrected chi connectivity index (χ1v) is 3.89. The summed E-state index contributed by atoms with van der Waals surface area (Å²) in [6, 6.07) is 10.6. The molecule has 0 spiro atoms. The molecule has 0 aromatic heterocycles. The third-order valence-electron chi connectivity index (χ3n) is 1.98. The highest BCUT2D eigenvalue weighted by Crippen LogP contribution is 2.38. The van der Waals surface area contributed by atoms with Gasteiger partial charge in [0.1, 0.15) is 0 Å². The van der Waals surface area contributed by atoms with Crippen LogP contribution in [0.5, 0.6) is 5.75 Å². The Kier molecular flexibility index (Phi) is 1.60. The third-order valence-corrected chi connectivity index (χ3v) is 1.98. The summed E-state index contributed by atoms with van der Waals surface area (Å²) < 4.78 is 0. The summed E-state index contributed by atoms with van der Waals surface area (Å²) in [5.74, 6) is -0.0244. The molecule has 3 heteroatoms. The van der Waals surface area contributed by atoms with E-state index in [0.29, 0.717) is 0 Å². The molecule has 0 radical (unpaired) electrons. The van der Waals surface area contributed by atoms with Crippen LogP contribution in [0.4, 0.5) is 5.69 Å². The first kappa shape index (κ1) is 7.56. The van der Waals surface area contributed by atoms with E-state index in [2.05, 4.69) is 4.98 Å². The molecule has 0 bridgehead atoms. The first-order chi connectivity index (χ1) is 6.33. The molecular weight excluding hydrogens is 164 g/mol. The van der Waals surface area contributed by atoms with Gasteiger partial charge in [0.2, 0.25) is 11.1 Å². The first-order valence-electron chi connectivity index (χ1n) is 3.89. The topological polar surface area (TPSA) is 48.4 Å². The standard InChI is InChI=1S/C10H6N2O/c11-12-10-8-5-1-3-7(8)4-2-6-9(10)13/h1-6H/p+1. The van der Waals surface area contributed by atoms with Crippen molar-refractivity contribution in [3.8, 4) is 16.9 Å². The molecule has 2 rings (SSSR count). The predicted molar refractivity (Wildman–Crippen MR) is 49.5 cm³/mol. The van der Waals surface area contributed by atoms with Crippen LogP contribution in [0.3, 0.4) is 0 Å². The van der Waals surface area contributed by atoms with Crippen molar-refractivity contribution in [2.24, 2.45) is 0 Å². The van der Waals surface area contributed by atoms with Crippen molar-refractivity contribution in [1.29, 1.82) is 5.39 Å². The van der Waals surface area contributed by atoms with Gasteiger partial charge in [-0.1, -0.05) is 24.3 Å². The minimum absolute atomic E-state index is 0.0244. The van der Waals surface area contributed by atoms with Crippen molar-refractivity contribution in [3.63, 3.8) is 0 Å². The quantitative estimate of drug-likeness (QED) is 0.619. The van der Waals surface area contributed by atoms with E-state index in [1.165, 1.54) is 6.07 Å². The van der Waals surface area contributed by atoms with E-state index in [1.807, 2.05) is 18.2 Å². The predicted octanol–water partition coefficient (Wildman–Crippen LogP) is 2.98. The lowest BCUT2D eigenvalue weighted by atomic mass is 10.1. The van der Waals surface area contributed by atoms with Crippen LogP contribution in [0.25, 0.3) is 16.1 Å². The van der Waals surface area contributed by atoms with Gasteiger partial charge in [0.25, 0.3) is 0 Å². The maximum absolute atomic E-state index is 9.43. The average molecular weight is 171 g/mol. The Morgan fingerprint density at radius 1 is 1.08 bits per heavy atom. The molecule has 0 unspecified atom stereocenters. The van der Waals surface area contributed by atoms with Crippen LogP contribution in [0.1, 0.15) is 0 Å². The molecule has 2 aliphatic carbocycles. The number of hydrogen-bond donors (Lipinski definition) is 1. The van der Waals surface area contributed by atoms with Crippen molar-refractivity contribution in [2.45, 2.75) is 0 Å². The Morgan fingerprint density at radius 3 is 2.46 bits per heavy atom. The van der Waals surface area contributed by atoms with Gasteiger partial charge < -0.3 is 5.11 Å². The highest BCUT2D eigenvalue weighted by molar-refractivity contribution is 5.83. The second-order valence-corrected chi connectivity index (χ2v) is 2.75. The van der Waals surface area contributed by atoms with Crippen LogP contribution >= 0.6 is 0 Å². The normalized spacial score (nSPS) is 9.77. The Bertz CT molecular complexity index is 459. The lowest BCUT2D eigenvalue weighted by Gasteiger charge is -1.85. The third kappa shape index (κ3) is 1.09. The Morgan fingerprint density at radius 2 is 1.77 bits per heavy atom. The van der Waals surface area contributed by atoms with Gasteiger partial charge in [0, 0.05) is 0 Å². The summed E-state index contributed by atoms with van der Waals surface area (Å²) >= 11 is 0. The van der Waals surface area contributed by atoms with Gasteiger partial charge in [-0.3, -0.25) is 0 Å². The largest absolute Gasteiger partial charge is 0.501 e. The monoisotopic (exact) mass is 171 g/mol. The lowest BCUT2D eigenvalue weighted by molar-refractivity contribution is 0.479. The molecule has 0 heterocycles. The summed E-state index contributed by atoms with van der Waals surface area (Å²) in [5.41, 5.74) is 1.89. The van der Waals surface area contributed by atoms with E-state index in [9.17, 15) is 5.11 Å². The van der Waals surface area contributed by atoms with Gasteiger partial charge in [-0.05, 0) is 17.7 Å². The molecular formula is C10H7N2O+. The van der Waals surface area contributed by atoms with Gasteiger partial charge in [0.05, 0.1) is 5.56 Å². The number of nitrogens with zero attached hydrogens (tertiary/aromatic N) is 2. The highest BCUT2D eigenvalue weighted by atomic mass is 16.3. The second-order valence-electron chi connectivity index (χ2n) is 2.75. The SMILES string of the molecule is N#[N+]c1c(O)cccc2cccc1-2. The van der Waals surface area contributed by atoms with E-state index in [0.717, 1.165) is 11.1 Å². The molecule has 3 nitrogen and oxygen atoms in total. The molecule has 0 saturated heterocycles. The van der Waals surface area contributed by atoms with Crippen molar-refractivity contribution >= 4 is 5.69 Å². The zero-order valence-electron chi connectivity index (χ0n) is 6.81. The molecule has 13 heavy (non-hydrogen) atoms. The zero-order chi connectivity index (χ0) is 9.26. The molecule has 0 fully saturated rings. The van der Waals surface area contributed by atoms with Crippen LogP contribution in [0.2, 0.25) is 0 Å². The number of hydrogen-bond acceptors (Lipinski definition) is 2. The molecule has 0 amide bonds. The maximum Gasteiger partial charge on any atom is 0.433 e. The number of diazo groups is 1. The van der Waals surface area contributed by atoms with Crippen LogP contribution in [-0.2, 0) is 0 Å². The zero-order valence-corrected chi connectivity index (χ0v) is 6.81. The minimum Gasteiger partial charge on any atom is -0.501 e. The second kappa shape index (κ2) is 2.76. The number of rotatable bonds is 0. The summed E-state index contributed by atoms with van der Waals surface area (Å²) in [7, 11) is 0. The average Bonchev–Trinajstić information content (AvgIpc) is 2.50. The summed E-state index contributed by atoms with van der Waals surface area (Å²) in [6.07, 6.45) is 0. The Hall–Kier alpha value is -2.08. The number of aromatic hydroxyl groups is 1. The van der Waals surface area contributed by atoms with E-state index in [1.54, 1.807) is 12.1 Å². The Labute approximate surface area is 75.2 Å². The molecule has 0 atom stereocenters. The van der Waals surface area contributed by atoms with Crippen LogP contribution in [-0.4, -0.2) is 5.11 Å². The van der Waals surface area contributed by atoms with Crippen molar-refractivity contribution < 1.29 is 5.11 Å². The molecule has 62 valence electrons. The summed E-state index contributed by atoms with van der Waals surface area (Å²) in [4.78, 5) is 3.06. The van der Waals surface area contributed by atoms with Gasteiger partial charge in [-0.15, -0.1) is 0 Å². The van der Waals surface area contributed by atoms with Gasteiger partial charge >= 0.3 is 5.69 Å². The summed E-state index contributed by atoms with van der Waals surface area (Å²) in [5, 5.41) is 18.1. The molecule has 0 aliphatic heterocycles. The molecule has 0 aromatic rings. The Balaban J connectivity index is 2.85. The van der Waals surface area contributed by atoms with Crippen molar-refractivity contribution in [2.75, 3.05) is 0 Å². The molecule has 2 aliphatic rings.